The van der Waals surface area contributed by atoms with Crippen molar-refractivity contribution in [2.75, 3.05) is 0 Å². The van der Waals surface area contributed by atoms with Crippen LogP contribution in [0.25, 0.3) is 11.1 Å². The van der Waals surface area contributed by atoms with E-state index >= 15 is 0 Å². The molecule has 2 aromatic rings. The molecule has 1 unspecified atom stereocenters. The fourth-order valence-electron chi connectivity index (χ4n) is 3.82. The van der Waals surface area contributed by atoms with Crippen LogP contribution in [-0.4, -0.2) is 0 Å². The highest BCUT2D eigenvalue weighted by Gasteiger charge is 2.22. The van der Waals surface area contributed by atoms with Crippen LogP contribution >= 0.6 is 0 Å². The molecule has 1 aliphatic rings. The Bertz CT molecular complexity index is 689. The van der Waals surface area contributed by atoms with Gasteiger partial charge in [-0.2, -0.15) is 0 Å². The largest absolute Gasteiger partial charge is 0.0760 e. The molecule has 0 aromatic heterocycles. The molecule has 0 bridgehead atoms. The molecule has 3 rings (SSSR count). The Hall–Kier alpha value is -2.08. The van der Waals surface area contributed by atoms with E-state index in [0.29, 0.717) is 5.92 Å². The van der Waals surface area contributed by atoms with Crippen LogP contribution in [-0.2, 0) is 0 Å². The van der Waals surface area contributed by atoms with E-state index in [9.17, 15) is 0 Å². The molecule has 0 heteroatoms. The predicted molar refractivity (Wildman–Crippen MR) is 101 cm³/mol. The van der Waals surface area contributed by atoms with Crippen LogP contribution in [0.2, 0.25) is 0 Å². The Morgan fingerprint density at radius 2 is 1.43 bits per heavy atom. The molecule has 0 spiro atoms. The van der Waals surface area contributed by atoms with Gasteiger partial charge in [0.05, 0.1) is 0 Å². The van der Waals surface area contributed by atoms with E-state index in [0.717, 1.165) is 6.42 Å². The second kappa shape index (κ2) is 7.46. The van der Waals surface area contributed by atoms with Crippen LogP contribution in [0.1, 0.15) is 50.7 Å². The third-order valence-electron chi connectivity index (χ3n) is 4.97. The van der Waals surface area contributed by atoms with Gasteiger partial charge in [0.1, 0.15) is 0 Å². The molecule has 2 aromatic carbocycles. The van der Waals surface area contributed by atoms with Gasteiger partial charge in [-0.15, -0.1) is 0 Å². The monoisotopic (exact) mass is 302 g/mol. The second-order valence-electron chi connectivity index (χ2n) is 6.29. The maximum atomic E-state index is 2.46. The van der Waals surface area contributed by atoms with Crippen molar-refractivity contribution in [3.8, 4) is 0 Å². The van der Waals surface area contributed by atoms with Crippen molar-refractivity contribution in [2.45, 2.75) is 39.5 Å². The SMILES string of the molecule is CCC1=C(c2ccccc2)C(c2ccccc2)=CCCC1CC. The van der Waals surface area contributed by atoms with Crippen LogP contribution in [0.5, 0.6) is 0 Å². The Morgan fingerprint density at radius 1 is 0.826 bits per heavy atom. The van der Waals surface area contributed by atoms with Crippen molar-refractivity contribution < 1.29 is 0 Å². The topological polar surface area (TPSA) is 0 Å². The molecule has 23 heavy (non-hydrogen) atoms. The second-order valence-corrected chi connectivity index (χ2v) is 6.29. The average molecular weight is 302 g/mol. The average Bonchev–Trinajstić information content (AvgIpc) is 2.82. The highest BCUT2D eigenvalue weighted by atomic mass is 14.3. The van der Waals surface area contributed by atoms with E-state index in [4.69, 9.17) is 0 Å². The molecule has 1 aliphatic carbocycles. The third kappa shape index (κ3) is 3.32. The van der Waals surface area contributed by atoms with E-state index < -0.39 is 0 Å². The zero-order chi connectivity index (χ0) is 16.1. The molecule has 118 valence electrons. The predicted octanol–water partition coefficient (Wildman–Crippen LogP) is 6.75. The number of rotatable bonds is 4. The molecule has 0 fully saturated rings. The highest BCUT2D eigenvalue weighted by Crippen LogP contribution is 2.42. The molecule has 0 saturated heterocycles. The first-order chi connectivity index (χ1) is 11.3. The standard InChI is InChI=1S/C23H26/c1-3-18-16-11-17-22(19-12-7-5-8-13-19)23(21(18)4-2)20-14-9-6-10-15-20/h5-10,12-15,17-18H,3-4,11,16H2,1-2H3. The maximum absolute atomic E-state index is 2.46. The van der Waals surface area contributed by atoms with Crippen molar-refractivity contribution in [3.05, 3.63) is 83.4 Å². The molecule has 0 aliphatic heterocycles. The highest BCUT2D eigenvalue weighted by molar-refractivity contribution is 6.06. The maximum Gasteiger partial charge on any atom is -0.0114 e. The van der Waals surface area contributed by atoms with Gasteiger partial charge in [0, 0.05) is 0 Å². The summed E-state index contributed by atoms with van der Waals surface area (Å²) in [7, 11) is 0. The lowest BCUT2D eigenvalue weighted by molar-refractivity contribution is 0.539. The van der Waals surface area contributed by atoms with Crippen molar-refractivity contribution in [1.82, 2.24) is 0 Å². The molecule has 0 heterocycles. The summed E-state index contributed by atoms with van der Waals surface area (Å²) in [6.45, 7) is 4.64. The van der Waals surface area contributed by atoms with Gasteiger partial charge in [-0.1, -0.05) is 86.2 Å². The smallest absolute Gasteiger partial charge is 0.0114 e. The summed E-state index contributed by atoms with van der Waals surface area (Å²) in [5.41, 5.74) is 7.23. The van der Waals surface area contributed by atoms with Crippen molar-refractivity contribution in [2.24, 2.45) is 5.92 Å². The van der Waals surface area contributed by atoms with Gasteiger partial charge in [0.25, 0.3) is 0 Å². The fraction of sp³-hybridized carbons (Fsp3) is 0.304. The Labute approximate surface area is 140 Å². The summed E-state index contributed by atoms with van der Waals surface area (Å²) in [5.74, 6) is 0.702. The number of allylic oxidation sites excluding steroid dienone is 4. The zero-order valence-corrected chi connectivity index (χ0v) is 14.3. The number of hydrogen-bond donors (Lipinski definition) is 0. The van der Waals surface area contributed by atoms with Gasteiger partial charge in [-0.25, -0.2) is 0 Å². The lowest BCUT2D eigenvalue weighted by atomic mass is 9.83. The van der Waals surface area contributed by atoms with Gasteiger partial charge in [-0.3, -0.25) is 0 Å². The van der Waals surface area contributed by atoms with E-state index in [2.05, 4.69) is 80.6 Å². The molecule has 0 radical (unpaired) electrons. The van der Waals surface area contributed by atoms with Gasteiger partial charge in [0.2, 0.25) is 0 Å². The fourth-order valence-corrected chi connectivity index (χ4v) is 3.82. The van der Waals surface area contributed by atoms with E-state index in [1.54, 1.807) is 5.57 Å². The lowest BCUT2D eigenvalue weighted by Crippen LogP contribution is -2.04. The van der Waals surface area contributed by atoms with Crippen LogP contribution in [0, 0.1) is 5.92 Å². The molecular formula is C23H26. The summed E-state index contributed by atoms with van der Waals surface area (Å²) in [5, 5.41) is 0. The zero-order valence-electron chi connectivity index (χ0n) is 14.3. The van der Waals surface area contributed by atoms with Crippen LogP contribution < -0.4 is 0 Å². The van der Waals surface area contributed by atoms with Crippen LogP contribution in [0.15, 0.2) is 72.3 Å². The molecule has 0 saturated carbocycles. The minimum absolute atomic E-state index is 0.702. The van der Waals surface area contributed by atoms with Crippen molar-refractivity contribution in [1.29, 1.82) is 0 Å². The number of hydrogen-bond acceptors (Lipinski definition) is 0. The van der Waals surface area contributed by atoms with Crippen LogP contribution in [0.3, 0.4) is 0 Å². The van der Waals surface area contributed by atoms with Crippen molar-refractivity contribution in [3.63, 3.8) is 0 Å². The lowest BCUT2D eigenvalue weighted by Gasteiger charge is -2.22. The quantitative estimate of drug-likeness (QED) is 0.585. The molecule has 0 nitrogen and oxygen atoms in total. The van der Waals surface area contributed by atoms with Crippen LogP contribution in [0.4, 0.5) is 0 Å². The van der Waals surface area contributed by atoms with E-state index in [-0.39, 0.29) is 0 Å². The minimum Gasteiger partial charge on any atom is -0.0760 e. The normalized spacial score (nSPS) is 18.5. The molecule has 1 atom stereocenters. The number of benzene rings is 2. The first-order valence-electron chi connectivity index (χ1n) is 8.89. The minimum atomic E-state index is 0.702. The van der Waals surface area contributed by atoms with Crippen molar-refractivity contribution >= 4 is 11.1 Å². The van der Waals surface area contributed by atoms with E-state index in [1.807, 2.05) is 0 Å². The summed E-state index contributed by atoms with van der Waals surface area (Å²) in [4.78, 5) is 0. The first kappa shape index (κ1) is 15.8. The molecular weight excluding hydrogens is 276 g/mol. The summed E-state index contributed by atoms with van der Waals surface area (Å²) >= 11 is 0. The van der Waals surface area contributed by atoms with Gasteiger partial charge in [0.15, 0.2) is 0 Å². The summed E-state index contributed by atoms with van der Waals surface area (Å²) in [6, 6.07) is 21.8. The Balaban J connectivity index is 2.22. The molecule has 0 N–H and O–H groups in total. The van der Waals surface area contributed by atoms with E-state index in [1.165, 1.54) is 41.5 Å². The van der Waals surface area contributed by atoms with Gasteiger partial charge < -0.3 is 0 Å². The Kier molecular flexibility index (Phi) is 5.12. The first-order valence-corrected chi connectivity index (χ1v) is 8.89. The van der Waals surface area contributed by atoms with Gasteiger partial charge >= 0.3 is 0 Å². The Morgan fingerprint density at radius 3 is 2.00 bits per heavy atom. The molecule has 0 amide bonds. The summed E-state index contributed by atoms with van der Waals surface area (Å²) < 4.78 is 0. The van der Waals surface area contributed by atoms with Gasteiger partial charge in [-0.05, 0) is 53.9 Å². The third-order valence-corrected chi connectivity index (χ3v) is 4.97. The summed E-state index contributed by atoms with van der Waals surface area (Å²) in [6.07, 6.45) is 7.26.